The van der Waals surface area contributed by atoms with Crippen LogP contribution in [0.2, 0.25) is 0 Å². The Bertz CT molecular complexity index is 1020. The fourth-order valence-electron chi connectivity index (χ4n) is 3.16. The summed E-state index contributed by atoms with van der Waals surface area (Å²) in [5.41, 5.74) is 2.60. The molecule has 158 valence electrons. The van der Waals surface area contributed by atoms with Crippen molar-refractivity contribution in [2.75, 3.05) is 18.0 Å². The van der Waals surface area contributed by atoms with Crippen molar-refractivity contribution in [1.82, 2.24) is 15.1 Å². The summed E-state index contributed by atoms with van der Waals surface area (Å²) in [4.78, 5) is 26.4. The zero-order chi connectivity index (χ0) is 21.9. The molecule has 3 aromatic rings. The fourth-order valence-corrected chi connectivity index (χ4v) is 3.16. The van der Waals surface area contributed by atoms with Gasteiger partial charge in [0.1, 0.15) is 0 Å². The van der Waals surface area contributed by atoms with E-state index in [1.807, 2.05) is 72.9 Å². The van der Waals surface area contributed by atoms with E-state index < -0.39 is 0 Å². The highest BCUT2D eigenvalue weighted by atomic mass is 16.2. The first kappa shape index (κ1) is 21.8. The third-order valence-corrected chi connectivity index (χ3v) is 4.75. The second kappa shape index (κ2) is 11.3. The highest BCUT2D eigenvalue weighted by Crippen LogP contribution is 2.15. The molecule has 0 saturated carbocycles. The summed E-state index contributed by atoms with van der Waals surface area (Å²) in [6.07, 6.45) is 2.94. The molecule has 0 aliphatic heterocycles. The van der Waals surface area contributed by atoms with Crippen LogP contribution in [0.4, 0.5) is 5.69 Å². The van der Waals surface area contributed by atoms with Crippen LogP contribution < -0.4 is 10.2 Å². The van der Waals surface area contributed by atoms with Crippen LogP contribution in [0, 0.1) is 11.3 Å². The Kier molecular flexibility index (Phi) is 7.95. The summed E-state index contributed by atoms with van der Waals surface area (Å²) in [6, 6.07) is 23.0. The first-order valence-corrected chi connectivity index (χ1v) is 10.3. The quantitative estimate of drug-likeness (QED) is 0.550. The van der Waals surface area contributed by atoms with E-state index in [1.165, 1.54) is 0 Å². The molecule has 7 nitrogen and oxygen atoms in total. The molecule has 31 heavy (non-hydrogen) atoms. The SMILES string of the molecule is N#CCCN(C(=O)CCC(=O)NCCc1ccn(-c2ccccc2)n1)c1ccccc1. The number of para-hydroxylation sites is 2. The number of hydrogen-bond donors (Lipinski definition) is 1. The van der Waals surface area contributed by atoms with Crippen molar-refractivity contribution in [3.05, 3.63) is 78.6 Å². The van der Waals surface area contributed by atoms with Gasteiger partial charge in [0.25, 0.3) is 0 Å². The van der Waals surface area contributed by atoms with Gasteiger partial charge in [-0.2, -0.15) is 10.4 Å². The lowest BCUT2D eigenvalue weighted by Gasteiger charge is -2.21. The molecule has 0 aliphatic carbocycles. The molecule has 0 saturated heterocycles. The zero-order valence-corrected chi connectivity index (χ0v) is 17.3. The van der Waals surface area contributed by atoms with Crippen LogP contribution in [-0.4, -0.2) is 34.7 Å². The van der Waals surface area contributed by atoms with Gasteiger partial charge in [-0.15, -0.1) is 0 Å². The number of nitriles is 1. The Morgan fingerprint density at radius 1 is 1.00 bits per heavy atom. The number of nitrogens with zero attached hydrogens (tertiary/aromatic N) is 4. The first-order valence-electron chi connectivity index (χ1n) is 10.3. The number of amides is 2. The molecule has 0 atom stereocenters. The summed E-state index contributed by atoms with van der Waals surface area (Å²) in [5.74, 6) is -0.345. The van der Waals surface area contributed by atoms with Crippen LogP contribution in [-0.2, 0) is 16.0 Å². The molecule has 2 amide bonds. The predicted octanol–water partition coefficient (Wildman–Crippen LogP) is 3.26. The third-order valence-electron chi connectivity index (χ3n) is 4.75. The van der Waals surface area contributed by atoms with Crippen molar-refractivity contribution in [2.45, 2.75) is 25.7 Å². The van der Waals surface area contributed by atoms with E-state index in [0.29, 0.717) is 19.5 Å². The topological polar surface area (TPSA) is 91.0 Å². The number of aromatic nitrogens is 2. The number of carbonyl (C=O) groups is 2. The van der Waals surface area contributed by atoms with Gasteiger partial charge in [-0.25, -0.2) is 4.68 Å². The standard InChI is InChI=1S/C24H25N5O2/c25-16-7-18-28(21-8-3-1-4-9-21)24(31)13-12-23(30)26-17-14-20-15-19-29(27-20)22-10-5-2-6-11-22/h1-6,8-11,15,19H,7,12-14,17-18H2,(H,26,30). The van der Waals surface area contributed by atoms with Gasteiger partial charge in [-0.05, 0) is 30.3 Å². The van der Waals surface area contributed by atoms with E-state index in [1.54, 1.807) is 9.58 Å². The number of hydrogen-bond acceptors (Lipinski definition) is 4. The summed E-state index contributed by atoms with van der Waals surface area (Å²) in [6.45, 7) is 0.765. The number of rotatable bonds is 10. The van der Waals surface area contributed by atoms with E-state index >= 15 is 0 Å². The molecular weight excluding hydrogens is 390 g/mol. The smallest absolute Gasteiger partial charge is 0.227 e. The maximum Gasteiger partial charge on any atom is 0.227 e. The average molecular weight is 415 g/mol. The normalized spacial score (nSPS) is 10.3. The molecule has 2 aromatic carbocycles. The summed E-state index contributed by atoms with van der Waals surface area (Å²) in [5, 5.41) is 16.2. The van der Waals surface area contributed by atoms with Gasteiger partial charge in [0.05, 0.1) is 23.9 Å². The monoisotopic (exact) mass is 415 g/mol. The minimum absolute atomic E-state index is 0.0921. The number of nitrogens with one attached hydrogen (secondary N) is 1. The Morgan fingerprint density at radius 2 is 1.71 bits per heavy atom. The van der Waals surface area contributed by atoms with Gasteiger partial charge in [0.2, 0.25) is 11.8 Å². The summed E-state index contributed by atoms with van der Waals surface area (Å²) in [7, 11) is 0. The van der Waals surface area contributed by atoms with Crippen molar-refractivity contribution >= 4 is 17.5 Å². The minimum Gasteiger partial charge on any atom is -0.356 e. The first-order chi connectivity index (χ1) is 15.2. The summed E-state index contributed by atoms with van der Waals surface area (Å²) >= 11 is 0. The van der Waals surface area contributed by atoms with Crippen molar-refractivity contribution < 1.29 is 9.59 Å². The van der Waals surface area contributed by atoms with Gasteiger partial charge in [0.15, 0.2) is 0 Å². The highest BCUT2D eigenvalue weighted by molar-refractivity contribution is 5.95. The number of anilines is 1. The third kappa shape index (κ3) is 6.54. The van der Waals surface area contributed by atoms with Crippen molar-refractivity contribution in [1.29, 1.82) is 5.26 Å². The van der Waals surface area contributed by atoms with E-state index in [2.05, 4.69) is 16.5 Å². The Morgan fingerprint density at radius 3 is 2.42 bits per heavy atom. The second-order valence-electron chi connectivity index (χ2n) is 6.98. The molecule has 1 aromatic heterocycles. The maximum atomic E-state index is 12.6. The Hall–Kier alpha value is -3.92. The van der Waals surface area contributed by atoms with Crippen LogP contribution >= 0.6 is 0 Å². The van der Waals surface area contributed by atoms with E-state index in [-0.39, 0.29) is 31.1 Å². The predicted molar refractivity (Wildman–Crippen MR) is 119 cm³/mol. The van der Waals surface area contributed by atoms with E-state index in [0.717, 1.165) is 17.1 Å². The van der Waals surface area contributed by atoms with Gasteiger partial charge in [-0.1, -0.05) is 36.4 Å². The van der Waals surface area contributed by atoms with Gasteiger partial charge in [-0.3, -0.25) is 9.59 Å². The molecule has 0 spiro atoms. The number of carbonyl (C=O) groups excluding carboxylic acids is 2. The molecule has 0 bridgehead atoms. The Balaban J connectivity index is 1.44. The van der Waals surface area contributed by atoms with Crippen LogP contribution in [0.25, 0.3) is 5.69 Å². The van der Waals surface area contributed by atoms with Crippen LogP contribution in [0.15, 0.2) is 72.9 Å². The molecule has 1 heterocycles. The molecule has 0 radical (unpaired) electrons. The van der Waals surface area contributed by atoms with Gasteiger partial charge < -0.3 is 10.2 Å². The lowest BCUT2D eigenvalue weighted by Crippen LogP contribution is -2.33. The van der Waals surface area contributed by atoms with E-state index in [4.69, 9.17) is 5.26 Å². The fraction of sp³-hybridized carbons (Fsp3) is 0.250. The largest absolute Gasteiger partial charge is 0.356 e. The van der Waals surface area contributed by atoms with Crippen LogP contribution in [0.5, 0.6) is 0 Å². The van der Waals surface area contributed by atoms with Crippen LogP contribution in [0.1, 0.15) is 25.0 Å². The van der Waals surface area contributed by atoms with Crippen molar-refractivity contribution in [3.63, 3.8) is 0 Å². The lowest BCUT2D eigenvalue weighted by atomic mass is 10.2. The molecule has 0 aliphatic rings. The van der Waals surface area contributed by atoms with Crippen LogP contribution in [0.3, 0.4) is 0 Å². The number of benzene rings is 2. The molecule has 0 fully saturated rings. The maximum absolute atomic E-state index is 12.6. The van der Waals surface area contributed by atoms with E-state index in [9.17, 15) is 9.59 Å². The molecule has 1 N–H and O–H groups in total. The van der Waals surface area contributed by atoms with Gasteiger partial charge in [0, 0.05) is 44.2 Å². The summed E-state index contributed by atoms with van der Waals surface area (Å²) < 4.78 is 1.80. The minimum atomic E-state index is -0.177. The Labute approximate surface area is 181 Å². The average Bonchev–Trinajstić information content (AvgIpc) is 3.28. The lowest BCUT2D eigenvalue weighted by molar-refractivity contribution is -0.125. The van der Waals surface area contributed by atoms with Crippen molar-refractivity contribution in [3.8, 4) is 11.8 Å². The highest BCUT2D eigenvalue weighted by Gasteiger charge is 2.16. The van der Waals surface area contributed by atoms with Gasteiger partial charge >= 0.3 is 0 Å². The second-order valence-corrected chi connectivity index (χ2v) is 6.98. The molecule has 7 heteroatoms. The molecule has 0 unspecified atom stereocenters. The molecule has 3 rings (SSSR count). The zero-order valence-electron chi connectivity index (χ0n) is 17.3. The van der Waals surface area contributed by atoms with Crippen molar-refractivity contribution in [2.24, 2.45) is 0 Å². The molecular formula is C24H25N5O2.